The Labute approximate surface area is 205 Å². The van der Waals surface area contributed by atoms with Gasteiger partial charge in [-0.15, -0.1) is 0 Å². The van der Waals surface area contributed by atoms with E-state index in [0.717, 1.165) is 45.4 Å². The van der Waals surface area contributed by atoms with Gasteiger partial charge in [-0.05, 0) is 69.9 Å². The molecule has 35 heavy (non-hydrogen) atoms. The van der Waals surface area contributed by atoms with E-state index in [9.17, 15) is 9.90 Å². The first-order chi connectivity index (χ1) is 16.8. The average Bonchev–Trinajstić information content (AvgIpc) is 3.37. The van der Waals surface area contributed by atoms with Crippen molar-refractivity contribution in [2.24, 2.45) is 0 Å². The summed E-state index contributed by atoms with van der Waals surface area (Å²) in [4.78, 5) is 20.6. The molecular formula is C27H33N5O3. The topological polar surface area (TPSA) is 105 Å². The van der Waals surface area contributed by atoms with Crippen molar-refractivity contribution in [2.75, 3.05) is 6.61 Å². The normalized spacial score (nSPS) is 12.7. The summed E-state index contributed by atoms with van der Waals surface area (Å²) in [6.07, 6.45) is 3.44. The zero-order valence-electron chi connectivity index (χ0n) is 20.5. The van der Waals surface area contributed by atoms with Gasteiger partial charge in [-0.1, -0.05) is 30.8 Å². The number of fused-ring (bicyclic) bond motifs is 2. The number of aromatic amines is 1. The molecule has 1 atom stereocenters. The number of alkyl carbamates (subject to hydrolysis) is 1. The lowest BCUT2D eigenvalue weighted by Gasteiger charge is -2.24. The number of carbonyl (C=O) groups is 1. The fourth-order valence-corrected chi connectivity index (χ4v) is 4.17. The van der Waals surface area contributed by atoms with Crippen LogP contribution in [0.1, 0.15) is 63.2 Å². The van der Waals surface area contributed by atoms with Crippen LogP contribution < -0.4 is 5.32 Å². The molecule has 1 amide bonds. The van der Waals surface area contributed by atoms with Crippen molar-refractivity contribution >= 4 is 34.1 Å². The molecule has 4 aromatic rings. The highest BCUT2D eigenvalue weighted by Gasteiger charge is 2.21. The Hall–Kier alpha value is -3.65. The van der Waals surface area contributed by atoms with Crippen LogP contribution >= 0.6 is 0 Å². The summed E-state index contributed by atoms with van der Waals surface area (Å²) in [6.45, 7) is 10.0. The number of hydrogen-bond acceptors (Lipinski definition) is 5. The summed E-state index contributed by atoms with van der Waals surface area (Å²) >= 11 is 0. The van der Waals surface area contributed by atoms with E-state index in [2.05, 4.69) is 22.0 Å². The number of unbranched alkanes of at least 4 members (excludes halogenated alkanes) is 1. The number of aromatic nitrogens is 4. The molecule has 8 nitrogen and oxygen atoms in total. The maximum absolute atomic E-state index is 12.5. The number of para-hydroxylation sites is 1. The molecular weight excluding hydrogens is 442 g/mol. The van der Waals surface area contributed by atoms with Crippen LogP contribution in [0.2, 0.25) is 0 Å². The van der Waals surface area contributed by atoms with Crippen LogP contribution in [0.4, 0.5) is 4.79 Å². The number of aliphatic hydroxyl groups excluding tert-OH is 1. The monoisotopic (exact) mass is 475 g/mol. The fraction of sp³-hybridized carbons (Fsp3) is 0.370. The van der Waals surface area contributed by atoms with Gasteiger partial charge in [-0.3, -0.25) is 4.68 Å². The lowest BCUT2D eigenvalue weighted by molar-refractivity contribution is 0.0500. The van der Waals surface area contributed by atoms with Crippen LogP contribution in [0.3, 0.4) is 0 Å². The Kier molecular flexibility index (Phi) is 7.21. The van der Waals surface area contributed by atoms with Gasteiger partial charge in [0, 0.05) is 12.0 Å². The SMILES string of the molecule is C=Cc1nn(Cc2nc3cc(C(CCCCO)NC(=O)OC(C)(C)C)ccc3[nH]2)c2ccccc12. The molecule has 0 saturated carbocycles. The summed E-state index contributed by atoms with van der Waals surface area (Å²) in [6, 6.07) is 13.8. The van der Waals surface area contributed by atoms with E-state index in [4.69, 9.17) is 9.72 Å². The Balaban J connectivity index is 1.58. The third-order valence-corrected chi connectivity index (χ3v) is 5.73. The minimum Gasteiger partial charge on any atom is -0.444 e. The summed E-state index contributed by atoms with van der Waals surface area (Å²) in [7, 11) is 0. The molecule has 0 aliphatic carbocycles. The largest absolute Gasteiger partial charge is 0.444 e. The first kappa shape index (κ1) is 24.5. The number of nitrogens with zero attached hydrogens (tertiary/aromatic N) is 3. The molecule has 0 spiro atoms. The van der Waals surface area contributed by atoms with Crippen LogP contribution in [-0.4, -0.2) is 43.2 Å². The quantitative estimate of drug-likeness (QED) is 0.284. The molecule has 1 unspecified atom stereocenters. The van der Waals surface area contributed by atoms with Crippen LogP contribution in [0.25, 0.3) is 28.0 Å². The number of rotatable bonds is 9. The zero-order valence-corrected chi connectivity index (χ0v) is 20.5. The molecule has 8 heteroatoms. The lowest BCUT2D eigenvalue weighted by atomic mass is 10.0. The first-order valence-corrected chi connectivity index (χ1v) is 11.9. The second-order valence-corrected chi connectivity index (χ2v) is 9.64. The first-order valence-electron chi connectivity index (χ1n) is 11.9. The molecule has 0 saturated heterocycles. The van der Waals surface area contributed by atoms with Crippen molar-refractivity contribution in [3.63, 3.8) is 0 Å². The van der Waals surface area contributed by atoms with Crippen LogP contribution in [0, 0.1) is 0 Å². The highest BCUT2D eigenvalue weighted by molar-refractivity contribution is 5.87. The molecule has 2 heterocycles. The van der Waals surface area contributed by atoms with Crippen molar-refractivity contribution in [2.45, 2.75) is 58.2 Å². The van der Waals surface area contributed by atoms with E-state index in [1.165, 1.54) is 0 Å². The minimum atomic E-state index is -0.580. The number of H-pyrrole nitrogens is 1. The van der Waals surface area contributed by atoms with Crippen molar-refractivity contribution in [3.8, 4) is 0 Å². The number of imidazole rings is 1. The molecule has 2 aromatic carbocycles. The van der Waals surface area contributed by atoms with Crippen molar-refractivity contribution in [1.82, 2.24) is 25.1 Å². The molecule has 0 aliphatic rings. The van der Waals surface area contributed by atoms with E-state index < -0.39 is 11.7 Å². The molecule has 3 N–H and O–H groups in total. The highest BCUT2D eigenvalue weighted by atomic mass is 16.6. The number of ether oxygens (including phenoxy) is 1. The maximum atomic E-state index is 12.5. The molecule has 184 valence electrons. The summed E-state index contributed by atoms with van der Waals surface area (Å²) < 4.78 is 7.39. The summed E-state index contributed by atoms with van der Waals surface area (Å²) in [5, 5.41) is 17.9. The Morgan fingerprint density at radius 3 is 2.80 bits per heavy atom. The van der Waals surface area contributed by atoms with Gasteiger partial charge in [-0.2, -0.15) is 5.10 Å². The van der Waals surface area contributed by atoms with E-state index in [1.54, 1.807) is 6.08 Å². The van der Waals surface area contributed by atoms with Crippen molar-refractivity contribution < 1.29 is 14.6 Å². The third kappa shape index (κ3) is 5.89. The lowest BCUT2D eigenvalue weighted by Crippen LogP contribution is -2.35. The second-order valence-electron chi connectivity index (χ2n) is 9.64. The van der Waals surface area contributed by atoms with Gasteiger partial charge in [0.2, 0.25) is 0 Å². The van der Waals surface area contributed by atoms with Gasteiger partial charge in [0.25, 0.3) is 0 Å². The van der Waals surface area contributed by atoms with Gasteiger partial charge < -0.3 is 20.1 Å². The Morgan fingerprint density at radius 1 is 1.26 bits per heavy atom. The van der Waals surface area contributed by atoms with Crippen LogP contribution in [-0.2, 0) is 11.3 Å². The number of benzene rings is 2. The van der Waals surface area contributed by atoms with Gasteiger partial charge in [-0.25, -0.2) is 9.78 Å². The second kappa shape index (κ2) is 10.3. The smallest absolute Gasteiger partial charge is 0.408 e. The molecule has 0 aliphatic heterocycles. The number of aliphatic hydroxyl groups is 1. The van der Waals surface area contributed by atoms with Gasteiger partial charge >= 0.3 is 6.09 Å². The van der Waals surface area contributed by atoms with Gasteiger partial charge in [0.05, 0.1) is 34.8 Å². The van der Waals surface area contributed by atoms with Crippen LogP contribution in [0.15, 0.2) is 49.0 Å². The Morgan fingerprint density at radius 2 is 2.06 bits per heavy atom. The Bertz CT molecular complexity index is 1330. The van der Waals surface area contributed by atoms with Crippen LogP contribution in [0.5, 0.6) is 0 Å². The number of nitrogens with one attached hydrogen (secondary N) is 2. The van der Waals surface area contributed by atoms with Crippen molar-refractivity contribution in [1.29, 1.82) is 0 Å². The zero-order chi connectivity index (χ0) is 25.0. The van der Waals surface area contributed by atoms with E-state index in [-0.39, 0.29) is 12.6 Å². The predicted molar refractivity (Wildman–Crippen MR) is 138 cm³/mol. The maximum Gasteiger partial charge on any atom is 0.408 e. The van der Waals surface area contributed by atoms with Crippen molar-refractivity contribution in [3.05, 3.63) is 66.1 Å². The highest BCUT2D eigenvalue weighted by Crippen LogP contribution is 2.25. The number of hydrogen-bond donors (Lipinski definition) is 3. The van der Waals surface area contributed by atoms with E-state index >= 15 is 0 Å². The van der Waals surface area contributed by atoms with E-state index in [1.807, 2.05) is 67.9 Å². The number of amides is 1. The molecule has 0 bridgehead atoms. The third-order valence-electron chi connectivity index (χ3n) is 5.73. The fourth-order valence-electron chi connectivity index (χ4n) is 4.17. The molecule has 4 rings (SSSR count). The van der Waals surface area contributed by atoms with E-state index in [0.29, 0.717) is 19.4 Å². The van der Waals surface area contributed by atoms with Gasteiger partial charge in [0.15, 0.2) is 0 Å². The molecule has 2 aromatic heterocycles. The van der Waals surface area contributed by atoms with Gasteiger partial charge in [0.1, 0.15) is 11.4 Å². The molecule has 0 radical (unpaired) electrons. The standard InChI is InChI=1S/C27H33N5O3/c1-5-20-19-10-6-7-12-24(19)32(31-20)17-25-28-22-14-13-18(16-23(22)29-25)21(11-8-9-15-33)30-26(34)35-27(2,3)4/h5-7,10,12-14,16,21,33H,1,8-9,11,15,17H2,2-4H3,(H,28,29)(H,30,34). The number of carbonyl (C=O) groups excluding carboxylic acids is 1. The molecule has 0 fully saturated rings. The summed E-state index contributed by atoms with van der Waals surface area (Å²) in [5.74, 6) is 0.790. The minimum absolute atomic E-state index is 0.122. The summed E-state index contributed by atoms with van der Waals surface area (Å²) in [5.41, 5.74) is 3.96. The average molecular weight is 476 g/mol. The predicted octanol–water partition coefficient (Wildman–Crippen LogP) is 5.33.